The number of nitrogens with zero attached hydrogens (tertiary/aromatic N) is 1. The molecule has 110 valence electrons. The number of benzene rings is 1. The van der Waals surface area contributed by atoms with Crippen LogP contribution in [-0.4, -0.2) is 35.3 Å². The van der Waals surface area contributed by atoms with Crippen LogP contribution in [0.25, 0.3) is 0 Å². The molecule has 20 heavy (non-hydrogen) atoms. The van der Waals surface area contributed by atoms with Crippen LogP contribution in [0.5, 0.6) is 5.75 Å². The van der Waals surface area contributed by atoms with Crippen molar-refractivity contribution in [2.45, 2.75) is 24.8 Å². The zero-order valence-corrected chi connectivity index (χ0v) is 12.6. The summed E-state index contributed by atoms with van der Waals surface area (Å²) in [7, 11) is 0. The van der Waals surface area contributed by atoms with Crippen LogP contribution < -0.4 is 4.74 Å². The monoisotopic (exact) mass is 347 g/mol. The van der Waals surface area contributed by atoms with Crippen molar-refractivity contribution < 1.29 is 18.3 Å². The van der Waals surface area contributed by atoms with Crippen molar-refractivity contribution in [2.24, 2.45) is 5.92 Å². The molecule has 1 heterocycles. The van der Waals surface area contributed by atoms with Gasteiger partial charge in [-0.05, 0) is 30.5 Å². The van der Waals surface area contributed by atoms with Gasteiger partial charge in [-0.1, -0.05) is 28.9 Å². The second kappa shape index (κ2) is 6.52. The Bertz CT molecular complexity index is 484. The number of ether oxygens (including phenoxy) is 1. The number of alkyl halides is 3. The number of piperidine rings is 1. The van der Waals surface area contributed by atoms with Gasteiger partial charge in [0.1, 0.15) is 5.75 Å². The topological polar surface area (TPSA) is 29.5 Å². The fraction of sp³-hybridized carbons (Fsp3) is 0.500. The molecule has 2 rings (SSSR count). The van der Waals surface area contributed by atoms with E-state index in [2.05, 4.69) is 27.6 Å². The lowest BCUT2D eigenvalue weighted by atomic mass is 9.99. The smallest absolute Gasteiger partial charge is 0.387 e. The van der Waals surface area contributed by atoms with Crippen molar-refractivity contribution in [3.05, 3.63) is 29.8 Å². The Labute approximate surface area is 125 Å². The predicted molar refractivity (Wildman–Crippen MR) is 75.5 cm³/mol. The predicted octanol–water partition coefficient (Wildman–Crippen LogP) is 3.53. The van der Waals surface area contributed by atoms with E-state index in [1.165, 1.54) is 12.1 Å². The van der Waals surface area contributed by atoms with Crippen LogP contribution in [-0.2, 0) is 0 Å². The molecular formula is C14H16BrF2NO2. The van der Waals surface area contributed by atoms with Crippen molar-refractivity contribution in [3.63, 3.8) is 0 Å². The number of likely N-dealkylation sites (tertiary alicyclic amines) is 1. The maximum Gasteiger partial charge on any atom is 0.387 e. The Balaban J connectivity index is 2.09. The van der Waals surface area contributed by atoms with Gasteiger partial charge < -0.3 is 9.64 Å². The van der Waals surface area contributed by atoms with E-state index in [4.69, 9.17) is 0 Å². The van der Waals surface area contributed by atoms with Crippen molar-refractivity contribution in [3.8, 4) is 5.75 Å². The fourth-order valence-corrected chi connectivity index (χ4v) is 2.66. The molecule has 0 aliphatic carbocycles. The van der Waals surface area contributed by atoms with Crippen LogP contribution in [0, 0.1) is 5.92 Å². The van der Waals surface area contributed by atoms with Gasteiger partial charge in [0.25, 0.3) is 5.91 Å². The quantitative estimate of drug-likeness (QED) is 0.782. The van der Waals surface area contributed by atoms with E-state index in [-0.39, 0.29) is 11.7 Å². The first-order valence-electron chi connectivity index (χ1n) is 6.45. The molecule has 0 N–H and O–H groups in total. The average Bonchev–Trinajstić information content (AvgIpc) is 2.40. The van der Waals surface area contributed by atoms with Crippen LogP contribution in [0.2, 0.25) is 0 Å². The van der Waals surface area contributed by atoms with Crippen molar-refractivity contribution in [1.29, 1.82) is 0 Å². The lowest BCUT2D eigenvalue weighted by Crippen LogP contribution is -2.43. The van der Waals surface area contributed by atoms with E-state index < -0.39 is 6.61 Å². The van der Waals surface area contributed by atoms with E-state index in [1.807, 2.05) is 0 Å². The zero-order valence-electron chi connectivity index (χ0n) is 11.1. The molecule has 2 atom stereocenters. The van der Waals surface area contributed by atoms with Crippen LogP contribution in [0.4, 0.5) is 8.78 Å². The third kappa shape index (κ3) is 3.69. The molecule has 1 aromatic rings. The highest BCUT2D eigenvalue weighted by Gasteiger charge is 2.27. The van der Waals surface area contributed by atoms with Crippen molar-refractivity contribution in [2.75, 3.05) is 13.1 Å². The first kappa shape index (κ1) is 15.2. The Morgan fingerprint density at radius 1 is 1.50 bits per heavy atom. The lowest BCUT2D eigenvalue weighted by Gasteiger charge is -2.34. The Hall–Kier alpha value is -1.17. The van der Waals surface area contributed by atoms with Gasteiger partial charge in [-0.3, -0.25) is 4.79 Å². The summed E-state index contributed by atoms with van der Waals surface area (Å²) in [6.07, 6.45) is 0.889. The molecule has 0 radical (unpaired) electrons. The van der Waals surface area contributed by atoms with Gasteiger partial charge in [-0.25, -0.2) is 0 Å². The van der Waals surface area contributed by atoms with Crippen LogP contribution in [0.15, 0.2) is 24.3 Å². The van der Waals surface area contributed by atoms with Crippen molar-refractivity contribution >= 4 is 21.8 Å². The molecule has 1 saturated heterocycles. The summed E-state index contributed by atoms with van der Waals surface area (Å²) in [5.41, 5.74) is 0.378. The number of hydrogen-bond donors (Lipinski definition) is 0. The summed E-state index contributed by atoms with van der Waals surface area (Å²) >= 11 is 3.58. The maximum absolute atomic E-state index is 12.4. The normalized spacial score (nSPS) is 22.9. The minimum absolute atomic E-state index is 0.00859. The maximum atomic E-state index is 12.4. The van der Waals surface area contributed by atoms with Gasteiger partial charge >= 0.3 is 6.61 Å². The van der Waals surface area contributed by atoms with E-state index in [0.29, 0.717) is 29.4 Å². The molecule has 6 heteroatoms. The third-order valence-corrected chi connectivity index (χ3v) is 4.75. The number of hydrogen-bond acceptors (Lipinski definition) is 2. The minimum Gasteiger partial charge on any atom is -0.435 e. The fourth-order valence-electron chi connectivity index (χ4n) is 2.29. The van der Waals surface area contributed by atoms with E-state index in [0.717, 1.165) is 6.42 Å². The second-order valence-corrected chi connectivity index (χ2v) is 6.12. The number of carbonyl (C=O) groups is 1. The number of carbonyl (C=O) groups excluding carboxylic acids is 1. The highest BCUT2D eigenvalue weighted by atomic mass is 79.9. The van der Waals surface area contributed by atoms with Gasteiger partial charge in [0.15, 0.2) is 0 Å². The third-order valence-electron chi connectivity index (χ3n) is 3.39. The molecule has 0 saturated carbocycles. The summed E-state index contributed by atoms with van der Waals surface area (Å²) < 4.78 is 28.7. The SMILES string of the molecule is CC1CN(C(=O)c2cccc(OC(F)F)c2)CCC1Br. The van der Waals surface area contributed by atoms with Crippen LogP contribution in [0.3, 0.4) is 0 Å². The molecule has 3 nitrogen and oxygen atoms in total. The van der Waals surface area contributed by atoms with Gasteiger partial charge in [0.05, 0.1) is 0 Å². The Morgan fingerprint density at radius 3 is 2.90 bits per heavy atom. The first-order valence-corrected chi connectivity index (χ1v) is 7.37. The van der Waals surface area contributed by atoms with E-state index in [1.54, 1.807) is 17.0 Å². The van der Waals surface area contributed by atoms with Gasteiger partial charge in [0, 0.05) is 23.5 Å². The highest BCUT2D eigenvalue weighted by molar-refractivity contribution is 9.09. The van der Waals surface area contributed by atoms with Gasteiger partial charge in [0.2, 0.25) is 0 Å². The molecule has 2 unspecified atom stereocenters. The van der Waals surface area contributed by atoms with E-state index >= 15 is 0 Å². The standard InChI is InChI=1S/C14H16BrF2NO2/c1-9-8-18(6-5-12(9)15)13(19)10-3-2-4-11(7-10)20-14(16)17/h2-4,7,9,12,14H,5-6,8H2,1H3. The zero-order chi connectivity index (χ0) is 14.7. The Kier molecular flexibility index (Phi) is 4.96. The number of rotatable bonds is 3. The van der Waals surface area contributed by atoms with Crippen LogP contribution >= 0.6 is 15.9 Å². The minimum atomic E-state index is -2.88. The second-order valence-electron chi connectivity index (χ2n) is 4.94. The molecule has 1 aromatic carbocycles. The average molecular weight is 348 g/mol. The summed E-state index contributed by atoms with van der Waals surface area (Å²) in [5, 5.41) is 0. The largest absolute Gasteiger partial charge is 0.435 e. The van der Waals surface area contributed by atoms with E-state index in [9.17, 15) is 13.6 Å². The number of halogens is 3. The molecule has 1 fully saturated rings. The van der Waals surface area contributed by atoms with Gasteiger partial charge in [-0.15, -0.1) is 0 Å². The Morgan fingerprint density at radius 2 is 2.25 bits per heavy atom. The summed E-state index contributed by atoms with van der Waals surface area (Å²) in [4.78, 5) is 14.5. The van der Waals surface area contributed by atoms with Gasteiger partial charge in [-0.2, -0.15) is 8.78 Å². The number of amides is 1. The summed E-state index contributed by atoms with van der Waals surface area (Å²) in [5.74, 6) is 0.235. The molecule has 0 bridgehead atoms. The summed E-state index contributed by atoms with van der Waals surface area (Å²) in [6.45, 7) is 0.521. The van der Waals surface area contributed by atoms with Crippen LogP contribution in [0.1, 0.15) is 23.7 Å². The molecule has 1 aliphatic rings. The lowest BCUT2D eigenvalue weighted by molar-refractivity contribution is -0.0499. The molecule has 1 aliphatic heterocycles. The molecular weight excluding hydrogens is 332 g/mol. The van der Waals surface area contributed by atoms with Crippen molar-refractivity contribution in [1.82, 2.24) is 4.90 Å². The molecule has 0 aromatic heterocycles. The molecule has 1 amide bonds. The highest BCUT2D eigenvalue weighted by Crippen LogP contribution is 2.25. The molecule has 0 spiro atoms. The first-order chi connectivity index (χ1) is 9.47. The summed E-state index contributed by atoms with van der Waals surface area (Å²) in [6, 6.07) is 5.94.